The minimum Gasteiger partial charge on any atom is -0.472 e. The molecule has 2 aromatic heterocycles. The van der Waals surface area contributed by atoms with Gasteiger partial charge < -0.3 is 9.73 Å². The van der Waals surface area contributed by atoms with E-state index in [1.54, 1.807) is 18.6 Å². The van der Waals surface area contributed by atoms with Crippen molar-refractivity contribution in [1.82, 2.24) is 10.2 Å². The number of furan rings is 1. The third kappa shape index (κ3) is 3.34. The maximum absolute atomic E-state index is 12.5. The molecular weight excluding hydrogens is 366 g/mol. The third-order valence-electron chi connectivity index (χ3n) is 4.16. The molecule has 0 unspecified atom stereocenters. The molecule has 4 rings (SSSR count). The number of hydrogen-bond donors (Lipinski definition) is 2. The fourth-order valence-electron chi connectivity index (χ4n) is 2.77. The molecule has 0 bridgehead atoms. The summed E-state index contributed by atoms with van der Waals surface area (Å²) in [5.74, 6) is -0.331. The van der Waals surface area contributed by atoms with Crippen LogP contribution in [0.2, 0.25) is 0 Å². The Bertz CT molecular complexity index is 1220. The Balaban J connectivity index is 1.61. The second-order valence-electron chi connectivity index (χ2n) is 6.10. The first-order chi connectivity index (χ1) is 12.9. The lowest BCUT2D eigenvalue weighted by molar-refractivity contribution is 0.102. The molecule has 0 aliphatic heterocycles. The van der Waals surface area contributed by atoms with Crippen molar-refractivity contribution >= 4 is 32.3 Å². The van der Waals surface area contributed by atoms with Crippen molar-refractivity contribution in [3.05, 3.63) is 66.6 Å². The Hall–Kier alpha value is -3.39. The smallest absolute Gasteiger partial charge is 0.255 e. The molecule has 0 radical (unpaired) electrons. The fraction of sp³-hybridized carbons (Fsp3) is 0.0526. The Morgan fingerprint density at radius 1 is 1.11 bits per heavy atom. The van der Waals surface area contributed by atoms with Gasteiger partial charge in [0.25, 0.3) is 5.91 Å². The van der Waals surface area contributed by atoms with Crippen molar-refractivity contribution in [2.24, 2.45) is 0 Å². The number of fused-ring (bicyclic) bond motifs is 1. The molecule has 8 heteroatoms. The summed E-state index contributed by atoms with van der Waals surface area (Å²) in [7, 11) is -3.30. The van der Waals surface area contributed by atoms with Crippen LogP contribution in [0, 0.1) is 0 Å². The fourth-order valence-corrected chi connectivity index (χ4v) is 3.40. The molecule has 136 valence electrons. The first-order valence-electron chi connectivity index (χ1n) is 8.04. The molecule has 0 aliphatic carbocycles. The maximum Gasteiger partial charge on any atom is 0.255 e. The van der Waals surface area contributed by atoms with Gasteiger partial charge in [0, 0.05) is 28.5 Å². The standard InChI is InChI=1S/C19H15N3O4S/c1-27(24,25)15-5-2-12(3-6-15)19(23)20-14-4-7-17-16(10-14)18(22-21-17)13-8-9-26-11-13/h2-11H,1H3,(H,20,23)(H,21,22). The van der Waals surface area contributed by atoms with E-state index in [1.807, 2.05) is 18.2 Å². The van der Waals surface area contributed by atoms with Gasteiger partial charge >= 0.3 is 0 Å². The lowest BCUT2D eigenvalue weighted by Gasteiger charge is -2.06. The number of nitrogens with one attached hydrogen (secondary N) is 2. The highest BCUT2D eigenvalue weighted by Crippen LogP contribution is 2.28. The highest BCUT2D eigenvalue weighted by atomic mass is 32.2. The van der Waals surface area contributed by atoms with Crippen molar-refractivity contribution in [2.75, 3.05) is 11.6 Å². The van der Waals surface area contributed by atoms with Crippen LogP contribution < -0.4 is 5.32 Å². The number of hydrogen-bond acceptors (Lipinski definition) is 5. The molecule has 0 aliphatic rings. The van der Waals surface area contributed by atoms with E-state index in [0.717, 1.165) is 28.4 Å². The summed E-state index contributed by atoms with van der Waals surface area (Å²) < 4.78 is 28.1. The number of carbonyl (C=O) groups excluding carboxylic acids is 1. The van der Waals surface area contributed by atoms with Gasteiger partial charge in [0.05, 0.1) is 22.9 Å². The second kappa shape index (κ2) is 6.40. The third-order valence-corrected chi connectivity index (χ3v) is 5.29. The van der Waals surface area contributed by atoms with Crippen LogP contribution in [0.25, 0.3) is 22.2 Å². The van der Waals surface area contributed by atoms with Crippen LogP contribution >= 0.6 is 0 Å². The van der Waals surface area contributed by atoms with E-state index in [2.05, 4.69) is 15.5 Å². The molecule has 1 amide bonds. The highest BCUT2D eigenvalue weighted by molar-refractivity contribution is 7.90. The van der Waals surface area contributed by atoms with Gasteiger partial charge in [-0.1, -0.05) is 0 Å². The quantitative estimate of drug-likeness (QED) is 0.563. The number of H-pyrrole nitrogens is 1. The van der Waals surface area contributed by atoms with Crippen molar-refractivity contribution in [3.8, 4) is 11.3 Å². The van der Waals surface area contributed by atoms with Crippen molar-refractivity contribution < 1.29 is 17.6 Å². The summed E-state index contributed by atoms with van der Waals surface area (Å²) >= 11 is 0. The van der Waals surface area contributed by atoms with Crippen LogP contribution in [0.5, 0.6) is 0 Å². The van der Waals surface area contributed by atoms with Gasteiger partial charge in [-0.3, -0.25) is 9.89 Å². The summed E-state index contributed by atoms with van der Waals surface area (Å²) in [5, 5.41) is 10.9. The normalized spacial score (nSPS) is 11.6. The minimum atomic E-state index is -3.30. The van der Waals surface area contributed by atoms with E-state index in [1.165, 1.54) is 24.3 Å². The first-order valence-corrected chi connectivity index (χ1v) is 9.93. The molecule has 2 aromatic carbocycles. The van der Waals surface area contributed by atoms with E-state index in [9.17, 15) is 13.2 Å². The molecule has 0 fully saturated rings. The molecule has 2 N–H and O–H groups in total. The zero-order valence-electron chi connectivity index (χ0n) is 14.3. The molecule has 0 saturated carbocycles. The molecule has 0 saturated heterocycles. The summed E-state index contributed by atoms with van der Waals surface area (Å²) in [6.07, 6.45) is 4.30. The van der Waals surface area contributed by atoms with Crippen LogP contribution in [0.15, 0.2) is 70.4 Å². The van der Waals surface area contributed by atoms with E-state index in [0.29, 0.717) is 11.3 Å². The number of amides is 1. The van der Waals surface area contributed by atoms with Gasteiger partial charge in [0.15, 0.2) is 9.84 Å². The predicted molar refractivity (Wildman–Crippen MR) is 101 cm³/mol. The molecule has 7 nitrogen and oxygen atoms in total. The number of rotatable bonds is 4. The average Bonchev–Trinajstić information content (AvgIpc) is 3.30. The van der Waals surface area contributed by atoms with E-state index < -0.39 is 9.84 Å². The Morgan fingerprint density at radius 2 is 1.89 bits per heavy atom. The SMILES string of the molecule is CS(=O)(=O)c1ccc(C(=O)Nc2ccc3[nH]nc(-c4ccoc4)c3c2)cc1. The van der Waals surface area contributed by atoms with Crippen LogP contribution in [-0.2, 0) is 9.84 Å². The summed E-state index contributed by atoms with van der Waals surface area (Å²) in [4.78, 5) is 12.6. The summed E-state index contributed by atoms with van der Waals surface area (Å²) in [6.45, 7) is 0. The van der Waals surface area contributed by atoms with Gasteiger partial charge in [-0.25, -0.2) is 8.42 Å². The zero-order chi connectivity index (χ0) is 19.0. The Kier molecular flexibility index (Phi) is 4.04. The highest BCUT2D eigenvalue weighted by Gasteiger charge is 2.13. The summed E-state index contributed by atoms with van der Waals surface area (Å²) in [6, 6.07) is 13.0. The van der Waals surface area contributed by atoms with Gasteiger partial charge in [-0.15, -0.1) is 0 Å². The van der Waals surface area contributed by atoms with Crippen molar-refractivity contribution in [2.45, 2.75) is 4.90 Å². The van der Waals surface area contributed by atoms with Gasteiger partial charge in [-0.05, 0) is 48.5 Å². The van der Waals surface area contributed by atoms with Crippen LogP contribution in [-0.4, -0.2) is 30.8 Å². The second-order valence-corrected chi connectivity index (χ2v) is 8.11. The molecule has 27 heavy (non-hydrogen) atoms. The monoisotopic (exact) mass is 381 g/mol. The zero-order valence-corrected chi connectivity index (χ0v) is 15.1. The predicted octanol–water partition coefficient (Wildman–Crippen LogP) is 3.48. The van der Waals surface area contributed by atoms with E-state index >= 15 is 0 Å². The number of benzene rings is 2. The lowest BCUT2D eigenvalue weighted by Crippen LogP contribution is -2.12. The maximum atomic E-state index is 12.5. The van der Waals surface area contributed by atoms with Crippen LogP contribution in [0.4, 0.5) is 5.69 Å². The molecule has 0 atom stereocenters. The van der Waals surface area contributed by atoms with Crippen molar-refractivity contribution in [3.63, 3.8) is 0 Å². The van der Waals surface area contributed by atoms with E-state index in [4.69, 9.17) is 4.42 Å². The summed E-state index contributed by atoms with van der Waals surface area (Å²) in [5.41, 5.74) is 3.37. The van der Waals surface area contributed by atoms with Gasteiger partial charge in [0.1, 0.15) is 5.69 Å². The molecule has 4 aromatic rings. The molecular formula is C19H15N3O4S. The number of sulfone groups is 1. The van der Waals surface area contributed by atoms with Gasteiger partial charge in [-0.2, -0.15) is 5.10 Å². The molecule has 2 heterocycles. The Morgan fingerprint density at radius 3 is 2.56 bits per heavy atom. The largest absolute Gasteiger partial charge is 0.472 e. The van der Waals surface area contributed by atoms with Crippen LogP contribution in [0.3, 0.4) is 0 Å². The number of nitrogens with zero attached hydrogens (tertiary/aromatic N) is 1. The number of anilines is 1. The minimum absolute atomic E-state index is 0.170. The average molecular weight is 381 g/mol. The Labute approximate surface area is 154 Å². The van der Waals surface area contributed by atoms with Gasteiger partial charge in [0.2, 0.25) is 0 Å². The molecule has 0 spiro atoms. The number of carbonyl (C=O) groups is 1. The number of aromatic nitrogens is 2. The van der Waals surface area contributed by atoms with Crippen LogP contribution in [0.1, 0.15) is 10.4 Å². The van der Waals surface area contributed by atoms with Crippen molar-refractivity contribution in [1.29, 1.82) is 0 Å². The first kappa shape index (κ1) is 17.0. The van der Waals surface area contributed by atoms with E-state index in [-0.39, 0.29) is 10.8 Å². The topological polar surface area (TPSA) is 105 Å². The number of aromatic amines is 1. The lowest BCUT2D eigenvalue weighted by atomic mass is 10.1.